The van der Waals surface area contributed by atoms with Crippen molar-refractivity contribution in [3.05, 3.63) is 29.8 Å². The van der Waals surface area contributed by atoms with Crippen LogP contribution in [0.15, 0.2) is 24.3 Å². The van der Waals surface area contributed by atoms with Gasteiger partial charge in [-0.1, -0.05) is 32.0 Å². The number of primary amides is 1. The second-order valence-corrected chi connectivity index (χ2v) is 5.02. The maximum Gasteiger partial charge on any atom is 0.240 e. The van der Waals surface area contributed by atoms with Gasteiger partial charge in [-0.25, -0.2) is 0 Å². The lowest BCUT2D eigenvalue weighted by molar-refractivity contribution is -0.120. The zero-order valence-electron chi connectivity index (χ0n) is 10.5. The fourth-order valence-electron chi connectivity index (χ4n) is 2.69. The van der Waals surface area contributed by atoms with Gasteiger partial charge in [0.05, 0.1) is 0 Å². The van der Waals surface area contributed by atoms with Crippen molar-refractivity contribution in [2.24, 2.45) is 11.7 Å². The highest BCUT2D eigenvalue weighted by molar-refractivity contribution is 5.84. The second kappa shape index (κ2) is 4.78. The van der Waals surface area contributed by atoms with E-state index in [0.29, 0.717) is 0 Å². The molecule has 0 bridgehead atoms. The smallest absolute Gasteiger partial charge is 0.240 e. The number of anilines is 1. The number of nitrogens with zero attached hydrogens (tertiary/aromatic N) is 1. The molecule has 1 aliphatic heterocycles. The molecule has 0 saturated heterocycles. The molecule has 1 heterocycles. The van der Waals surface area contributed by atoms with Gasteiger partial charge in [-0.05, 0) is 30.4 Å². The van der Waals surface area contributed by atoms with Gasteiger partial charge in [0.2, 0.25) is 5.91 Å². The number of carbonyl (C=O) groups is 1. The molecular weight excluding hydrogens is 212 g/mol. The van der Waals surface area contributed by atoms with Crippen molar-refractivity contribution < 1.29 is 4.79 Å². The summed E-state index contributed by atoms with van der Waals surface area (Å²) in [5.41, 5.74) is 8.05. The maximum absolute atomic E-state index is 11.6. The van der Waals surface area contributed by atoms with Crippen molar-refractivity contribution in [3.63, 3.8) is 0 Å². The highest BCUT2D eigenvalue weighted by atomic mass is 16.1. The zero-order chi connectivity index (χ0) is 12.4. The molecule has 92 valence electrons. The van der Waals surface area contributed by atoms with E-state index in [4.69, 9.17) is 5.73 Å². The Labute approximate surface area is 103 Å². The second-order valence-electron chi connectivity index (χ2n) is 5.02. The Hall–Kier alpha value is -1.51. The van der Waals surface area contributed by atoms with Gasteiger partial charge in [0.15, 0.2) is 0 Å². The molecule has 0 saturated carbocycles. The van der Waals surface area contributed by atoms with Crippen LogP contribution < -0.4 is 10.6 Å². The molecule has 1 atom stereocenters. The number of hydrogen-bond donors (Lipinski definition) is 1. The van der Waals surface area contributed by atoms with E-state index >= 15 is 0 Å². The first-order valence-corrected chi connectivity index (χ1v) is 6.25. The Balaban J connectivity index is 2.37. The number of amides is 1. The van der Waals surface area contributed by atoms with Crippen LogP contribution in [-0.4, -0.2) is 18.5 Å². The van der Waals surface area contributed by atoms with E-state index in [-0.39, 0.29) is 17.9 Å². The predicted molar refractivity (Wildman–Crippen MR) is 69.9 cm³/mol. The Morgan fingerprint density at radius 3 is 2.71 bits per heavy atom. The standard InChI is InChI=1S/C14H20N2O/c1-10(2)13(14(15)17)16-9-5-7-11-6-3-4-8-12(11)16/h3-4,6,8,10,13H,5,7,9H2,1-2H3,(H2,15,17). The van der Waals surface area contributed by atoms with Gasteiger partial charge in [0.25, 0.3) is 0 Å². The van der Waals surface area contributed by atoms with Gasteiger partial charge in [0.1, 0.15) is 6.04 Å². The molecule has 1 aromatic rings. The third-order valence-electron chi connectivity index (χ3n) is 3.40. The molecule has 0 aliphatic carbocycles. The quantitative estimate of drug-likeness (QED) is 0.865. The molecule has 0 radical (unpaired) electrons. The lowest BCUT2D eigenvalue weighted by atomic mass is 9.95. The monoisotopic (exact) mass is 232 g/mol. The van der Waals surface area contributed by atoms with Gasteiger partial charge >= 0.3 is 0 Å². The van der Waals surface area contributed by atoms with Crippen molar-refractivity contribution in [2.45, 2.75) is 32.7 Å². The fraction of sp³-hybridized carbons (Fsp3) is 0.500. The molecule has 3 nitrogen and oxygen atoms in total. The predicted octanol–water partition coefficient (Wildman–Crippen LogP) is 1.95. The molecule has 1 unspecified atom stereocenters. The Morgan fingerprint density at radius 2 is 2.06 bits per heavy atom. The van der Waals surface area contributed by atoms with E-state index in [1.807, 2.05) is 19.9 Å². The summed E-state index contributed by atoms with van der Waals surface area (Å²) in [7, 11) is 0. The SMILES string of the molecule is CC(C)C(C(N)=O)N1CCCc2ccccc21. The van der Waals surface area contributed by atoms with Gasteiger partial charge in [-0.3, -0.25) is 4.79 Å². The van der Waals surface area contributed by atoms with Crippen molar-refractivity contribution in [1.82, 2.24) is 0 Å². The van der Waals surface area contributed by atoms with E-state index in [2.05, 4.69) is 23.1 Å². The summed E-state index contributed by atoms with van der Waals surface area (Å²) < 4.78 is 0. The van der Waals surface area contributed by atoms with Gasteiger partial charge in [-0.15, -0.1) is 0 Å². The minimum Gasteiger partial charge on any atom is -0.368 e. The summed E-state index contributed by atoms with van der Waals surface area (Å²) in [6, 6.07) is 8.11. The van der Waals surface area contributed by atoms with Crippen LogP contribution in [0.5, 0.6) is 0 Å². The molecule has 1 aliphatic rings. The van der Waals surface area contributed by atoms with E-state index in [1.54, 1.807) is 0 Å². The number of carbonyl (C=O) groups excluding carboxylic acids is 1. The highest BCUT2D eigenvalue weighted by Gasteiger charge is 2.30. The molecule has 2 rings (SSSR count). The third kappa shape index (κ3) is 2.28. The molecule has 3 heteroatoms. The van der Waals surface area contributed by atoms with Gasteiger partial charge < -0.3 is 10.6 Å². The Morgan fingerprint density at radius 1 is 1.35 bits per heavy atom. The normalized spacial score (nSPS) is 16.8. The number of para-hydroxylation sites is 1. The van der Waals surface area contributed by atoms with Crippen LogP contribution in [0.1, 0.15) is 25.8 Å². The first kappa shape index (κ1) is 12.0. The molecular formula is C14H20N2O. The first-order valence-electron chi connectivity index (χ1n) is 6.25. The zero-order valence-corrected chi connectivity index (χ0v) is 10.5. The van der Waals surface area contributed by atoms with E-state index < -0.39 is 0 Å². The molecule has 0 spiro atoms. The molecule has 17 heavy (non-hydrogen) atoms. The summed E-state index contributed by atoms with van der Waals surface area (Å²) in [5, 5.41) is 0. The van der Waals surface area contributed by atoms with E-state index in [9.17, 15) is 4.79 Å². The minimum atomic E-state index is -0.225. The van der Waals surface area contributed by atoms with Gasteiger partial charge in [-0.2, -0.15) is 0 Å². The van der Waals surface area contributed by atoms with Crippen molar-refractivity contribution in [3.8, 4) is 0 Å². The Bertz CT molecular complexity index is 414. The number of rotatable bonds is 3. The number of benzene rings is 1. The average Bonchev–Trinajstić information content (AvgIpc) is 2.28. The number of nitrogens with two attached hydrogens (primary N) is 1. The lowest BCUT2D eigenvalue weighted by Gasteiger charge is -2.38. The summed E-state index contributed by atoms with van der Waals surface area (Å²) in [5.74, 6) is 0.00959. The van der Waals surface area contributed by atoms with Crippen LogP contribution in [-0.2, 0) is 11.2 Å². The highest BCUT2D eigenvalue weighted by Crippen LogP contribution is 2.30. The van der Waals surface area contributed by atoms with Crippen LogP contribution in [0.2, 0.25) is 0 Å². The summed E-state index contributed by atoms with van der Waals surface area (Å²) >= 11 is 0. The average molecular weight is 232 g/mol. The molecule has 1 aromatic carbocycles. The van der Waals surface area contributed by atoms with Crippen LogP contribution in [0.25, 0.3) is 0 Å². The fourth-order valence-corrected chi connectivity index (χ4v) is 2.69. The number of aryl methyl sites for hydroxylation is 1. The van der Waals surface area contributed by atoms with Crippen LogP contribution in [0.4, 0.5) is 5.69 Å². The molecule has 2 N–H and O–H groups in total. The van der Waals surface area contributed by atoms with Gasteiger partial charge in [0, 0.05) is 12.2 Å². The minimum absolute atomic E-state index is 0.198. The third-order valence-corrected chi connectivity index (χ3v) is 3.40. The van der Waals surface area contributed by atoms with E-state index in [1.165, 1.54) is 11.3 Å². The summed E-state index contributed by atoms with van der Waals surface area (Å²) in [6.07, 6.45) is 2.18. The molecule has 0 aromatic heterocycles. The van der Waals surface area contributed by atoms with Crippen LogP contribution in [0.3, 0.4) is 0 Å². The lowest BCUT2D eigenvalue weighted by Crippen LogP contribution is -2.50. The van der Waals surface area contributed by atoms with Crippen molar-refractivity contribution in [1.29, 1.82) is 0 Å². The molecule has 0 fully saturated rings. The molecule has 1 amide bonds. The summed E-state index contributed by atoms with van der Waals surface area (Å²) in [4.78, 5) is 13.8. The number of fused-ring (bicyclic) bond motifs is 1. The Kier molecular flexibility index (Phi) is 3.36. The number of hydrogen-bond acceptors (Lipinski definition) is 2. The van der Waals surface area contributed by atoms with E-state index in [0.717, 1.165) is 19.4 Å². The van der Waals surface area contributed by atoms with Crippen molar-refractivity contribution >= 4 is 11.6 Å². The maximum atomic E-state index is 11.6. The van der Waals surface area contributed by atoms with Crippen LogP contribution >= 0.6 is 0 Å². The van der Waals surface area contributed by atoms with Crippen molar-refractivity contribution in [2.75, 3.05) is 11.4 Å². The topological polar surface area (TPSA) is 46.3 Å². The largest absolute Gasteiger partial charge is 0.368 e. The summed E-state index contributed by atoms with van der Waals surface area (Å²) in [6.45, 7) is 5.02. The first-order chi connectivity index (χ1) is 8.11. The van der Waals surface area contributed by atoms with Crippen LogP contribution in [0, 0.1) is 5.92 Å².